The number of morpholine rings is 1. The normalized spacial score (nSPS) is 17.0. The fourth-order valence-corrected chi connectivity index (χ4v) is 6.28. The van der Waals surface area contributed by atoms with Crippen LogP contribution in [-0.2, 0) is 9.47 Å². The van der Waals surface area contributed by atoms with Crippen molar-refractivity contribution < 1.29 is 23.4 Å². The molecule has 0 spiro atoms. The van der Waals surface area contributed by atoms with Crippen molar-refractivity contribution in [2.75, 3.05) is 77.1 Å². The van der Waals surface area contributed by atoms with Crippen molar-refractivity contribution in [2.45, 2.75) is 6.92 Å². The summed E-state index contributed by atoms with van der Waals surface area (Å²) in [6, 6.07) is 13.0. The monoisotopic (exact) mass is 572 g/mol. The van der Waals surface area contributed by atoms with E-state index in [2.05, 4.69) is 4.90 Å². The number of halogens is 1. The summed E-state index contributed by atoms with van der Waals surface area (Å²) in [5.74, 6) is -0.0725. The summed E-state index contributed by atoms with van der Waals surface area (Å²) in [5.41, 5.74) is 1.03. The maximum Gasteiger partial charge on any atom is 0.259 e. The van der Waals surface area contributed by atoms with Crippen molar-refractivity contribution in [2.24, 2.45) is 0 Å². The van der Waals surface area contributed by atoms with Crippen LogP contribution in [0.5, 0.6) is 11.5 Å². The van der Waals surface area contributed by atoms with Crippen molar-refractivity contribution >= 4 is 33.3 Å². The molecule has 4 aromatic rings. The molecule has 3 aliphatic heterocycles. The first-order valence-corrected chi connectivity index (χ1v) is 14.6. The van der Waals surface area contributed by atoms with Crippen LogP contribution in [0.2, 0.25) is 0 Å². The maximum absolute atomic E-state index is 16.1. The molecule has 3 aromatic carbocycles. The van der Waals surface area contributed by atoms with Crippen LogP contribution in [0, 0.1) is 5.82 Å². The van der Waals surface area contributed by atoms with Gasteiger partial charge in [0.05, 0.1) is 30.9 Å². The average Bonchev–Trinajstić information content (AvgIpc) is 3.02. The van der Waals surface area contributed by atoms with Gasteiger partial charge in [0.15, 0.2) is 17.3 Å². The first-order valence-electron chi connectivity index (χ1n) is 14.6. The molecule has 2 fully saturated rings. The Hall–Kier alpha value is -3.99. The summed E-state index contributed by atoms with van der Waals surface area (Å²) in [6.07, 6.45) is 1.62. The lowest BCUT2D eigenvalue weighted by Crippen LogP contribution is -2.47. The minimum absolute atomic E-state index is 0.00574. The molecule has 9 nitrogen and oxygen atoms in total. The number of ether oxygens (including phenoxy) is 3. The Labute approximate surface area is 242 Å². The zero-order valence-electron chi connectivity index (χ0n) is 23.6. The molecule has 0 radical (unpaired) electrons. The molecule has 0 saturated carbocycles. The molecule has 3 aliphatic rings. The highest BCUT2D eigenvalue weighted by Gasteiger charge is 2.33. The summed E-state index contributed by atoms with van der Waals surface area (Å²) in [7, 11) is 0. The lowest BCUT2D eigenvalue weighted by atomic mass is 10.0. The molecule has 4 heterocycles. The van der Waals surface area contributed by atoms with Crippen LogP contribution in [0.4, 0.5) is 10.1 Å². The van der Waals surface area contributed by atoms with Gasteiger partial charge in [-0.15, -0.1) is 0 Å². The summed E-state index contributed by atoms with van der Waals surface area (Å²) in [5, 5.41) is 2.02. The van der Waals surface area contributed by atoms with E-state index in [-0.39, 0.29) is 16.9 Å². The third-order valence-electron chi connectivity index (χ3n) is 8.46. The number of rotatable bonds is 6. The topological polar surface area (TPSA) is 76.5 Å². The number of nitrogens with zero attached hydrogens (tertiary/aromatic N) is 4. The van der Waals surface area contributed by atoms with Gasteiger partial charge in [-0.1, -0.05) is 30.3 Å². The number of carbonyl (C=O) groups excluding carboxylic acids is 1. The molecule has 10 heteroatoms. The Kier molecular flexibility index (Phi) is 7.05. The molecule has 0 atom stereocenters. The van der Waals surface area contributed by atoms with Crippen molar-refractivity contribution in [3.05, 3.63) is 70.3 Å². The van der Waals surface area contributed by atoms with E-state index in [4.69, 9.17) is 14.2 Å². The van der Waals surface area contributed by atoms with E-state index in [0.717, 1.165) is 36.1 Å². The third kappa shape index (κ3) is 4.50. The number of piperazine rings is 1. The van der Waals surface area contributed by atoms with Crippen LogP contribution in [0.15, 0.2) is 53.5 Å². The molecule has 2 saturated heterocycles. The van der Waals surface area contributed by atoms with Gasteiger partial charge in [0.2, 0.25) is 5.43 Å². The Balaban J connectivity index is 1.39. The number of fused-ring (bicyclic) bond motifs is 4. The largest absolute Gasteiger partial charge is 0.451 e. The van der Waals surface area contributed by atoms with Gasteiger partial charge in [-0.2, -0.15) is 0 Å². The second-order valence-electron chi connectivity index (χ2n) is 10.8. The highest BCUT2D eigenvalue weighted by molar-refractivity contribution is 6.04. The number of amides is 1. The van der Waals surface area contributed by atoms with E-state index >= 15 is 4.39 Å². The van der Waals surface area contributed by atoms with Gasteiger partial charge in [0, 0.05) is 64.0 Å². The van der Waals surface area contributed by atoms with Gasteiger partial charge in [0.25, 0.3) is 5.91 Å². The molecular weight excluding hydrogens is 539 g/mol. The van der Waals surface area contributed by atoms with Gasteiger partial charge in [0.1, 0.15) is 16.8 Å². The number of carbonyl (C=O) groups is 1. The van der Waals surface area contributed by atoms with Crippen LogP contribution in [0.25, 0.3) is 27.4 Å². The number of pyridine rings is 1. The van der Waals surface area contributed by atoms with E-state index in [1.54, 1.807) is 11.1 Å². The standard InChI is InChI=1S/C32H33FN4O5/c1-2-40-16-13-34-9-11-35(12-10-34)29-25(33)19-23-28-31(29)42-26-8-7-21-5-3-4-6-22(21)27(26)37(28)20-24(30(23)38)32(39)36-14-17-41-18-15-36/h3-8,19-20H,2,9-18H2,1H3. The Morgan fingerprint density at radius 2 is 1.76 bits per heavy atom. The van der Waals surface area contributed by atoms with Crippen LogP contribution in [-0.4, -0.2) is 92.5 Å². The molecule has 218 valence electrons. The molecule has 0 unspecified atom stereocenters. The molecule has 0 aliphatic carbocycles. The lowest BCUT2D eigenvalue weighted by molar-refractivity contribution is 0.0301. The number of aromatic nitrogens is 1. The molecule has 1 aromatic heterocycles. The van der Waals surface area contributed by atoms with Crippen molar-refractivity contribution in [3.63, 3.8) is 0 Å². The minimum Gasteiger partial charge on any atom is -0.451 e. The van der Waals surface area contributed by atoms with Gasteiger partial charge in [-0.25, -0.2) is 4.39 Å². The summed E-state index contributed by atoms with van der Waals surface area (Å²) >= 11 is 0. The smallest absolute Gasteiger partial charge is 0.259 e. The van der Waals surface area contributed by atoms with Gasteiger partial charge >= 0.3 is 0 Å². The molecule has 1 amide bonds. The van der Waals surface area contributed by atoms with Gasteiger partial charge < -0.3 is 28.6 Å². The average molecular weight is 573 g/mol. The highest BCUT2D eigenvalue weighted by atomic mass is 19.1. The predicted molar refractivity (Wildman–Crippen MR) is 159 cm³/mol. The zero-order valence-corrected chi connectivity index (χ0v) is 23.6. The molecule has 7 rings (SSSR count). The molecule has 0 N–H and O–H groups in total. The van der Waals surface area contributed by atoms with Crippen molar-refractivity contribution in [1.82, 2.24) is 14.4 Å². The lowest BCUT2D eigenvalue weighted by Gasteiger charge is -2.37. The quantitative estimate of drug-likeness (QED) is 0.285. The fraction of sp³-hybridized carbons (Fsp3) is 0.375. The second-order valence-corrected chi connectivity index (χ2v) is 10.8. The number of hydrogen-bond acceptors (Lipinski definition) is 7. The van der Waals surface area contributed by atoms with Crippen LogP contribution < -0.4 is 15.1 Å². The van der Waals surface area contributed by atoms with Crippen LogP contribution in [0.1, 0.15) is 17.3 Å². The predicted octanol–water partition coefficient (Wildman–Crippen LogP) is 4.02. The Morgan fingerprint density at radius 1 is 0.976 bits per heavy atom. The molecule has 0 bridgehead atoms. The Bertz CT molecular complexity index is 1740. The van der Waals surface area contributed by atoms with Crippen LogP contribution >= 0.6 is 0 Å². The number of benzene rings is 3. The van der Waals surface area contributed by atoms with Gasteiger partial charge in [-0.3, -0.25) is 14.5 Å². The summed E-state index contributed by atoms with van der Waals surface area (Å²) in [6.45, 7) is 8.49. The second kappa shape index (κ2) is 11.0. The number of hydrogen-bond donors (Lipinski definition) is 0. The maximum atomic E-state index is 16.1. The fourth-order valence-electron chi connectivity index (χ4n) is 6.28. The first-order chi connectivity index (χ1) is 20.5. The van der Waals surface area contributed by atoms with E-state index in [0.29, 0.717) is 75.3 Å². The van der Waals surface area contributed by atoms with Crippen LogP contribution in [0.3, 0.4) is 0 Å². The minimum atomic E-state index is -0.538. The van der Waals surface area contributed by atoms with E-state index < -0.39 is 11.2 Å². The first kappa shape index (κ1) is 26.9. The highest BCUT2D eigenvalue weighted by Crippen LogP contribution is 2.48. The van der Waals surface area contributed by atoms with E-state index in [1.165, 1.54) is 6.07 Å². The zero-order chi connectivity index (χ0) is 28.8. The summed E-state index contributed by atoms with van der Waals surface area (Å²) < 4.78 is 35.4. The number of anilines is 1. The summed E-state index contributed by atoms with van der Waals surface area (Å²) in [4.78, 5) is 33.5. The molecular formula is C32H33FN4O5. The SMILES string of the molecule is CCOCCN1CCN(c2c(F)cc3c(=O)c(C(=O)N4CCOCC4)cn4c3c2Oc2ccc3ccccc3c2-4)CC1. The third-order valence-corrected chi connectivity index (χ3v) is 8.46. The Morgan fingerprint density at radius 3 is 2.55 bits per heavy atom. The molecule has 42 heavy (non-hydrogen) atoms. The van der Waals surface area contributed by atoms with Crippen molar-refractivity contribution in [1.29, 1.82) is 0 Å². The van der Waals surface area contributed by atoms with E-state index in [1.807, 2.05) is 52.8 Å². The van der Waals surface area contributed by atoms with Gasteiger partial charge in [-0.05, 0) is 24.4 Å². The van der Waals surface area contributed by atoms with Crippen molar-refractivity contribution in [3.8, 4) is 17.2 Å². The van der Waals surface area contributed by atoms with E-state index in [9.17, 15) is 9.59 Å².